The van der Waals surface area contributed by atoms with E-state index in [9.17, 15) is 29.1 Å². The maximum atomic E-state index is 13.0. The summed E-state index contributed by atoms with van der Waals surface area (Å²) in [5.41, 5.74) is 0.283. The van der Waals surface area contributed by atoms with Gasteiger partial charge in [-0.05, 0) is 50.8 Å². The molecule has 1 aliphatic carbocycles. The lowest BCUT2D eigenvalue weighted by atomic mass is 9.93. The zero-order chi connectivity index (χ0) is 26.0. The van der Waals surface area contributed by atoms with Gasteiger partial charge in [0.2, 0.25) is 11.7 Å². The molecule has 1 aromatic rings. The minimum absolute atomic E-state index is 0.00386. The summed E-state index contributed by atoms with van der Waals surface area (Å²) in [6.07, 6.45) is -1.25. The normalized spacial score (nSPS) is 24.8. The molecule has 36 heavy (non-hydrogen) atoms. The molecule has 2 saturated heterocycles. The van der Waals surface area contributed by atoms with Crippen molar-refractivity contribution in [3.8, 4) is 0 Å². The molecule has 0 aromatic heterocycles. The number of amides is 4. The molecule has 2 aliphatic heterocycles. The van der Waals surface area contributed by atoms with Gasteiger partial charge in [0, 0.05) is 34.3 Å². The molecule has 4 amide bonds. The van der Waals surface area contributed by atoms with Crippen LogP contribution in [0.5, 0.6) is 0 Å². The van der Waals surface area contributed by atoms with Crippen LogP contribution in [0.2, 0.25) is 5.02 Å². The second kappa shape index (κ2) is 10.8. The van der Waals surface area contributed by atoms with Gasteiger partial charge in [-0.3, -0.25) is 24.5 Å². The first-order valence-electron chi connectivity index (χ1n) is 11.7. The zero-order valence-corrected chi connectivity index (χ0v) is 20.3. The van der Waals surface area contributed by atoms with Crippen LogP contribution in [-0.2, 0) is 23.9 Å². The highest BCUT2D eigenvalue weighted by molar-refractivity contribution is 6.38. The van der Waals surface area contributed by atoms with Crippen LogP contribution in [0.4, 0.5) is 10.5 Å². The number of alkyl carbamates (subject to hydrolysis) is 1. The number of aliphatic hydroxyl groups is 1. The van der Waals surface area contributed by atoms with Crippen molar-refractivity contribution in [1.82, 2.24) is 21.3 Å². The number of aliphatic hydroxyl groups excluding tert-OH is 1. The highest BCUT2D eigenvalue weighted by Crippen LogP contribution is 2.28. The molecule has 0 radical (unpaired) electrons. The molecular weight excluding hydrogens is 494 g/mol. The van der Waals surface area contributed by atoms with Gasteiger partial charge >= 0.3 is 6.09 Å². The fourth-order valence-corrected chi connectivity index (χ4v) is 4.42. The molecule has 0 bridgehead atoms. The number of anilines is 1. The van der Waals surface area contributed by atoms with Crippen LogP contribution < -0.4 is 26.6 Å². The Morgan fingerprint density at radius 2 is 2.00 bits per heavy atom. The molecule has 4 rings (SSSR count). The smallest absolute Gasteiger partial charge is 0.408 e. The van der Waals surface area contributed by atoms with Crippen LogP contribution in [0.15, 0.2) is 18.2 Å². The second-order valence-electron chi connectivity index (χ2n) is 9.31. The quantitative estimate of drug-likeness (QED) is 0.185. The van der Waals surface area contributed by atoms with Gasteiger partial charge in [-0.2, -0.15) is 0 Å². The van der Waals surface area contributed by atoms with E-state index in [1.807, 2.05) is 6.92 Å². The molecule has 3 aliphatic rings. The van der Waals surface area contributed by atoms with Gasteiger partial charge < -0.3 is 31.1 Å². The number of nitrogens with one attached hydrogen (secondary N) is 5. The highest BCUT2D eigenvalue weighted by atomic mass is 35.5. The zero-order valence-electron chi connectivity index (χ0n) is 19.5. The molecule has 5 atom stereocenters. The topological polar surface area (TPSA) is 175 Å². The Labute approximate surface area is 211 Å². The van der Waals surface area contributed by atoms with Crippen molar-refractivity contribution in [1.29, 1.82) is 0 Å². The number of carbonyl (C=O) groups excluding carboxylic acids is 5. The molecule has 194 valence electrons. The van der Waals surface area contributed by atoms with Gasteiger partial charge in [0.25, 0.3) is 11.8 Å². The van der Waals surface area contributed by atoms with Gasteiger partial charge in [-0.1, -0.05) is 11.6 Å². The van der Waals surface area contributed by atoms with Gasteiger partial charge in [-0.15, -0.1) is 0 Å². The Balaban J connectivity index is 1.52. The minimum Gasteiger partial charge on any atom is -0.434 e. The molecule has 1 aromatic carbocycles. The van der Waals surface area contributed by atoms with Crippen LogP contribution in [0, 0.1) is 5.92 Å². The maximum absolute atomic E-state index is 13.0. The number of ether oxygens (including phenoxy) is 1. The molecular formula is C23H28ClN5O7. The van der Waals surface area contributed by atoms with Crippen molar-refractivity contribution < 1.29 is 33.8 Å². The van der Waals surface area contributed by atoms with Gasteiger partial charge in [0.05, 0.1) is 12.6 Å². The summed E-state index contributed by atoms with van der Waals surface area (Å²) in [5, 5.41) is 24.4. The van der Waals surface area contributed by atoms with Gasteiger partial charge in [-0.25, -0.2) is 4.79 Å². The number of ketones is 1. The Morgan fingerprint density at radius 1 is 1.25 bits per heavy atom. The van der Waals surface area contributed by atoms with Crippen LogP contribution in [-0.4, -0.2) is 65.5 Å². The van der Waals surface area contributed by atoms with Crippen molar-refractivity contribution in [3.05, 3.63) is 28.8 Å². The summed E-state index contributed by atoms with van der Waals surface area (Å²) in [5.74, 6) is -2.97. The van der Waals surface area contributed by atoms with E-state index in [-0.39, 0.29) is 47.2 Å². The lowest BCUT2D eigenvalue weighted by Gasteiger charge is -2.25. The lowest BCUT2D eigenvalue weighted by Crippen LogP contribution is -2.48. The van der Waals surface area contributed by atoms with E-state index in [1.165, 1.54) is 18.2 Å². The first-order chi connectivity index (χ1) is 17.1. The molecule has 13 heteroatoms. The standard InChI is InChI=1S/C23H28ClN5O7/c1-10-6-11(19(31)26-10)7-16(18(30)22(34)27-13-3-4-13)29-20(32)14-8-12(24)2-5-15(14)28-21(33)17-9-25-23(35)36-17/h2,5,8,10-11,13,16-17,20,29,32H,3-4,6-7,9H2,1H3,(H,25,35)(H,26,31)(H,27,34)(H,28,33)/t10-,11+,16+,17+,20?/m1/s1. The largest absolute Gasteiger partial charge is 0.434 e. The van der Waals surface area contributed by atoms with E-state index < -0.39 is 48.0 Å². The Kier molecular flexibility index (Phi) is 7.76. The molecule has 0 spiro atoms. The lowest BCUT2D eigenvalue weighted by molar-refractivity contribution is -0.140. The predicted molar refractivity (Wildman–Crippen MR) is 127 cm³/mol. The van der Waals surface area contributed by atoms with Crippen molar-refractivity contribution in [2.24, 2.45) is 5.92 Å². The van der Waals surface area contributed by atoms with E-state index in [0.717, 1.165) is 12.8 Å². The number of benzene rings is 1. The summed E-state index contributed by atoms with van der Waals surface area (Å²) >= 11 is 6.12. The van der Waals surface area contributed by atoms with Crippen LogP contribution in [0.1, 0.15) is 44.4 Å². The second-order valence-corrected chi connectivity index (χ2v) is 9.74. The average Bonchev–Trinajstić information content (AvgIpc) is 3.44. The highest BCUT2D eigenvalue weighted by Gasteiger charge is 2.38. The predicted octanol–water partition coefficient (Wildman–Crippen LogP) is 0.0984. The van der Waals surface area contributed by atoms with E-state index in [0.29, 0.717) is 6.42 Å². The number of hydrogen-bond acceptors (Lipinski definition) is 8. The van der Waals surface area contributed by atoms with E-state index in [2.05, 4.69) is 26.6 Å². The monoisotopic (exact) mass is 521 g/mol. The van der Waals surface area contributed by atoms with Gasteiger partial charge in [0.15, 0.2) is 6.10 Å². The van der Waals surface area contributed by atoms with Crippen LogP contribution in [0.25, 0.3) is 0 Å². The molecule has 1 unspecified atom stereocenters. The number of rotatable bonds is 10. The minimum atomic E-state index is -1.53. The summed E-state index contributed by atoms with van der Waals surface area (Å²) in [4.78, 5) is 61.6. The molecule has 3 fully saturated rings. The summed E-state index contributed by atoms with van der Waals surface area (Å²) in [7, 11) is 0. The van der Waals surface area contributed by atoms with Crippen molar-refractivity contribution >= 4 is 46.9 Å². The third-order valence-corrected chi connectivity index (χ3v) is 6.50. The number of hydrogen-bond donors (Lipinski definition) is 6. The van der Waals surface area contributed by atoms with E-state index >= 15 is 0 Å². The van der Waals surface area contributed by atoms with Gasteiger partial charge in [0.1, 0.15) is 6.23 Å². The summed E-state index contributed by atoms with van der Waals surface area (Å²) < 4.78 is 4.88. The number of Topliss-reactive ketones (excluding diaryl/α,β-unsaturated/α-hetero) is 1. The van der Waals surface area contributed by atoms with Crippen molar-refractivity contribution in [3.63, 3.8) is 0 Å². The third kappa shape index (κ3) is 6.31. The third-order valence-electron chi connectivity index (χ3n) is 6.27. The number of halogens is 1. The molecule has 1 saturated carbocycles. The first kappa shape index (κ1) is 25.9. The molecule has 2 heterocycles. The maximum Gasteiger partial charge on any atom is 0.408 e. The average molecular weight is 522 g/mol. The first-order valence-corrected chi connectivity index (χ1v) is 12.1. The SMILES string of the molecule is C[C@@H]1C[C@@H](C[C@H](NC(O)c2cc(Cl)ccc2NC(=O)[C@@H]2CNC(=O)O2)C(=O)C(=O)NC2CC2)C(=O)N1. The number of carbonyl (C=O) groups is 5. The molecule has 12 nitrogen and oxygen atoms in total. The Bertz CT molecular complexity index is 1080. The Hall–Kier alpha value is -3.22. The van der Waals surface area contributed by atoms with Crippen LogP contribution in [0.3, 0.4) is 0 Å². The van der Waals surface area contributed by atoms with E-state index in [4.69, 9.17) is 16.3 Å². The Morgan fingerprint density at radius 3 is 2.61 bits per heavy atom. The van der Waals surface area contributed by atoms with Crippen LogP contribution >= 0.6 is 11.6 Å². The van der Waals surface area contributed by atoms with E-state index in [1.54, 1.807) is 0 Å². The number of cyclic esters (lactones) is 1. The molecule has 6 N–H and O–H groups in total. The summed E-state index contributed by atoms with van der Waals surface area (Å²) in [6.45, 7) is 1.83. The van der Waals surface area contributed by atoms with Crippen molar-refractivity contribution in [2.45, 2.75) is 63.1 Å². The van der Waals surface area contributed by atoms with Crippen molar-refractivity contribution in [2.75, 3.05) is 11.9 Å². The fourth-order valence-electron chi connectivity index (χ4n) is 4.24. The summed E-state index contributed by atoms with van der Waals surface area (Å²) in [6, 6.07) is 3.04. The fraction of sp³-hybridized carbons (Fsp3) is 0.522.